The van der Waals surface area contributed by atoms with Gasteiger partial charge in [0.1, 0.15) is 12.4 Å². The molecule has 0 bridgehead atoms. The topological polar surface area (TPSA) is 82.3 Å². The second-order valence-electron chi connectivity index (χ2n) is 5.48. The van der Waals surface area contributed by atoms with E-state index in [0.717, 1.165) is 23.2 Å². The summed E-state index contributed by atoms with van der Waals surface area (Å²) in [6, 6.07) is 14.1. The highest BCUT2D eigenvalue weighted by atomic mass is 16.5. The number of phenolic OH excluding ortho intramolecular Hbond substituents is 1. The summed E-state index contributed by atoms with van der Waals surface area (Å²) in [7, 11) is 0. The van der Waals surface area contributed by atoms with Crippen molar-refractivity contribution >= 4 is 11.7 Å². The minimum Gasteiger partial charge on any atom is -0.508 e. The molecule has 24 heavy (non-hydrogen) atoms. The third kappa shape index (κ3) is 4.75. The number of nitrogens with one attached hydrogen (secondary N) is 1. The average Bonchev–Trinajstić information content (AvgIpc) is 2.58. The molecule has 0 amide bonds. The first-order valence-electron chi connectivity index (χ1n) is 7.74. The molecule has 1 unspecified atom stereocenters. The van der Waals surface area contributed by atoms with Crippen molar-refractivity contribution in [2.75, 3.05) is 11.9 Å². The standard InChI is InChI=1S/C19H20N2O3/c1-3-14-8-16(10-18(23)9-14)19(12-24-13(2)22)21-17-6-4-15(11-20)5-7-17/h4-10,19,21,23H,3,12H2,1-2H3. The van der Waals surface area contributed by atoms with Gasteiger partial charge in [-0.1, -0.05) is 13.0 Å². The summed E-state index contributed by atoms with van der Waals surface area (Å²) in [5.41, 5.74) is 3.20. The number of carbonyl (C=O) groups is 1. The number of nitriles is 1. The molecule has 124 valence electrons. The lowest BCUT2D eigenvalue weighted by molar-refractivity contribution is -0.141. The van der Waals surface area contributed by atoms with Crippen molar-refractivity contribution < 1.29 is 14.6 Å². The van der Waals surface area contributed by atoms with E-state index in [1.807, 2.05) is 13.0 Å². The predicted molar refractivity (Wildman–Crippen MR) is 91.6 cm³/mol. The number of esters is 1. The molecule has 0 aliphatic heterocycles. The first-order chi connectivity index (χ1) is 11.5. The maximum absolute atomic E-state index is 11.2. The normalized spacial score (nSPS) is 11.4. The molecule has 5 nitrogen and oxygen atoms in total. The summed E-state index contributed by atoms with van der Waals surface area (Å²) in [5.74, 6) is -0.184. The third-order valence-corrected chi connectivity index (χ3v) is 3.62. The number of phenols is 1. The van der Waals surface area contributed by atoms with E-state index < -0.39 is 0 Å². The summed E-state index contributed by atoms with van der Waals surface area (Å²) in [6.07, 6.45) is 0.790. The average molecular weight is 324 g/mol. The fourth-order valence-corrected chi connectivity index (χ4v) is 2.37. The van der Waals surface area contributed by atoms with Gasteiger partial charge in [0, 0.05) is 12.6 Å². The molecule has 2 rings (SSSR count). The van der Waals surface area contributed by atoms with Crippen LogP contribution in [0.4, 0.5) is 5.69 Å². The van der Waals surface area contributed by atoms with Crippen LogP contribution in [0.3, 0.4) is 0 Å². The van der Waals surface area contributed by atoms with Gasteiger partial charge in [0.15, 0.2) is 0 Å². The lowest BCUT2D eigenvalue weighted by atomic mass is 10.0. The highest BCUT2D eigenvalue weighted by Gasteiger charge is 2.15. The number of aryl methyl sites for hydroxylation is 1. The third-order valence-electron chi connectivity index (χ3n) is 3.62. The molecule has 0 saturated carbocycles. The molecule has 0 spiro atoms. The highest BCUT2D eigenvalue weighted by Crippen LogP contribution is 2.25. The van der Waals surface area contributed by atoms with E-state index in [0.29, 0.717) is 5.56 Å². The van der Waals surface area contributed by atoms with Gasteiger partial charge in [-0.25, -0.2) is 0 Å². The lowest BCUT2D eigenvalue weighted by Crippen LogP contribution is -2.19. The van der Waals surface area contributed by atoms with E-state index in [-0.39, 0.29) is 24.4 Å². The van der Waals surface area contributed by atoms with E-state index in [9.17, 15) is 9.90 Å². The molecule has 0 saturated heterocycles. The van der Waals surface area contributed by atoms with Gasteiger partial charge in [-0.15, -0.1) is 0 Å². The first kappa shape index (κ1) is 17.4. The van der Waals surface area contributed by atoms with Crippen molar-refractivity contribution in [3.8, 4) is 11.8 Å². The van der Waals surface area contributed by atoms with Crippen molar-refractivity contribution in [1.29, 1.82) is 5.26 Å². The molecule has 2 aromatic rings. The zero-order chi connectivity index (χ0) is 17.5. The smallest absolute Gasteiger partial charge is 0.302 e. The molecule has 2 aromatic carbocycles. The van der Waals surface area contributed by atoms with E-state index >= 15 is 0 Å². The number of aromatic hydroxyl groups is 1. The maximum Gasteiger partial charge on any atom is 0.302 e. The summed E-state index contributed by atoms with van der Waals surface area (Å²) in [5, 5.41) is 22.1. The van der Waals surface area contributed by atoms with E-state index in [1.54, 1.807) is 36.4 Å². The number of hydrogen-bond acceptors (Lipinski definition) is 5. The summed E-state index contributed by atoms with van der Waals surface area (Å²) in [6.45, 7) is 3.51. The van der Waals surface area contributed by atoms with Gasteiger partial charge in [0.2, 0.25) is 0 Å². The summed E-state index contributed by atoms with van der Waals surface area (Å²) >= 11 is 0. The Kier molecular flexibility index (Phi) is 5.80. The van der Waals surface area contributed by atoms with Gasteiger partial charge in [-0.2, -0.15) is 5.26 Å². The monoisotopic (exact) mass is 324 g/mol. The van der Waals surface area contributed by atoms with Crippen LogP contribution in [0.1, 0.15) is 36.6 Å². The molecular formula is C19H20N2O3. The predicted octanol–water partition coefficient (Wildman–Crippen LogP) is 3.54. The fraction of sp³-hybridized carbons (Fsp3) is 0.263. The second kappa shape index (κ2) is 8.02. The largest absolute Gasteiger partial charge is 0.508 e. The lowest BCUT2D eigenvalue weighted by Gasteiger charge is -2.21. The molecule has 0 aromatic heterocycles. The SMILES string of the molecule is CCc1cc(O)cc(C(COC(C)=O)Nc2ccc(C#N)cc2)c1. The molecule has 5 heteroatoms. The minimum absolute atomic E-state index is 0.141. The summed E-state index contributed by atoms with van der Waals surface area (Å²) < 4.78 is 5.15. The van der Waals surface area contributed by atoms with E-state index in [4.69, 9.17) is 10.00 Å². The van der Waals surface area contributed by atoms with Crippen LogP contribution in [0.15, 0.2) is 42.5 Å². The Labute approximate surface area is 141 Å². The minimum atomic E-state index is -0.363. The molecule has 0 aliphatic rings. The number of hydrogen-bond donors (Lipinski definition) is 2. The van der Waals surface area contributed by atoms with Gasteiger partial charge < -0.3 is 15.2 Å². The Morgan fingerprint density at radius 1 is 1.29 bits per heavy atom. The van der Waals surface area contributed by atoms with Crippen LogP contribution in [-0.2, 0) is 16.0 Å². The van der Waals surface area contributed by atoms with Gasteiger partial charge in [-0.05, 0) is 53.9 Å². The van der Waals surface area contributed by atoms with Gasteiger partial charge in [-0.3, -0.25) is 4.79 Å². The number of benzene rings is 2. The van der Waals surface area contributed by atoms with Crippen molar-refractivity contribution in [2.24, 2.45) is 0 Å². The Morgan fingerprint density at radius 2 is 2.00 bits per heavy atom. The van der Waals surface area contributed by atoms with Crippen molar-refractivity contribution in [1.82, 2.24) is 0 Å². The zero-order valence-corrected chi connectivity index (χ0v) is 13.7. The quantitative estimate of drug-likeness (QED) is 0.794. The van der Waals surface area contributed by atoms with Crippen LogP contribution in [0.5, 0.6) is 5.75 Å². The molecule has 2 N–H and O–H groups in total. The fourth-order valence-electron chi connectivity index (χ4n) is 2.37. The molecule has 1 atom stereocenters. The molecular weight excluding hydrogens is 304 g/mol. The maximum atomic E-state index is 11.2. The van der Waals surface area contributed by atoms with Crippen molar-refractivity contribution in [3.63, 3.8) is 0 Å². The van der Waals surface area contributed by atoms with Crippen LogP contribution < -0.4 is 5.32 Å². The highest BCUT2D eigenvalue weighted by molar-refractivity contribution is 5.66. The zero-order valence-electron chi connectivity index (χ0n) is 13.7. The van der Waals surface area contributed by atoms with Crippen LogP contribution in [-0.4, -0.2) is 17.7 Å². The first-order valence-corrected chi connectivity index (χ1v) is 7.74. The Morgan fingerprint density at radius 3 is 2.58 bits per heavy atom. The van der Waals surface area contributed by atoms with Gasteiger partial charge in [0.25, 0.3) is 0 Å². The van der Waals surface area contributed by atoms with E-state index in [2.05, 4.69) is 11.4 Å². The van der Waals surface area contributed by atoms with Crippen molar-refractivity contribution in [3.05, 3.63) is 59.2 Å². The summed E-state index contributed by atoms with van der Waals surface area (Å²) in [4.78, 5) is 11.2. The molecule has 0 fully saturated rings. The van der Waals surface area contributed by atoms with Crippen LogP contribution in [0, 0.1) is 11.3 Å². The number of nitrogens with zero attached hydrogens (tertiary/aromatic N) is 1. The molecule has 0 heterocycles. The van der Waals surface area contributed by atoms with Crippen LogP contribution in [0.25, 0.3) is 0 Å². The van der Waals surface area contributed by atoms with Crippen LogP contribution in [0.2, 0.25) is 0 Å². The molecule has 0 radical (unpaired) electrons. The Hall–Kier alpha value is -3.00. The molecule has 0 aliphatic carbocycles. The van der Waals surface area contributed by atoms with Gasteiger partial charge in [0.05, 0.1) is 17.7 Å². The number of carbonyl (C=O) groups excluding carboxylic acids is 1. The van der Waals surface area contributed by atoms with Crippen LogP contribution >= 0.6 is 0 Å². The second-order valence-corrected chi connectivity index (χ2v) is 5.48. The number of anilines is 1. The number of rotatable bonds is 6. The van der Waals surface area contributed by atoms with Gasteiger partial charge >= 0.3 is 5.97 Å². The number of ether oxygens (including phenoxy) is 1. The van der Waals surface area contributed by atoms with Crippen molar-refractivity contribution in [2.45, 2.75) is 26.3 Å². The Bertz CT molecular complexity index is 748. The Balaban J connectivity index is 2.28. The van der Waals surface area contributed by atoms with E-state index in [1.165, 1.54) is 6.92 Å².